The summed E-state index contributed by atoms with van der Waals surface area (Å²) in [6.45, 7) is 6.70. The molecule has 0 spiro atoms. The fourth-order valence-corrected chi connectivity index (χ4v) is 2.07. The lowest BCUT2D eigenvalue weighted by atomic mass is 9.80. The Bertz CT molecular complexity index is 412. The third-order valence-corrected chi connectivity index (χ3v) is 2.99. The fraction of sp³-hybridized carbons (Fsp3) is 0.462. The summed E-state index contributed by atoms with van der Waals surface area (Å²) >= 11 is 0. The van der Waals surface area contributed by atoms with Crippen LogP contribution in [-0.4, -0.2) is 12.7 Å². The number of nitrogens with one attached hydrogen (secondary N) is 1. The molecule has 1 N–H and O–H groups in total. The summed E-state index contributed by atoms with van der Waals surface area (Å²) in [4.78, 5) is 11.3. The van der Waals surface area contributed by atoms with E-state index in [4.69, 9.17) is 4.74 Å². The van der Waals surface area contributed by atoms with Gasteiger partial charge in [-0.3, -0.25) is 0 Å². The van der Waals surface area contributed by atoms with E-state index in [1.54, 1.807) is 0 Å². The maximum absolute atomic E-state index is 11.3. The molecule has 1 fully saturated rings. The highest BCUT2D eigenvalue weighted by Gasteiger charge is 2.37. The number of hydrogen-bond acceptors (Lipinski definition) is 2. The first-order valence-corrected chi connectivity index (χ1v) is 5.49. The van der Waals surface area contributed by atoms with Crippen LogP contribution in [0.25, 0.3) is 0 Å². The van der Waals surface area contributed by atoms with Gasteiger partial charge in [-0.15, -0.1) is 0 Å². The van der Waals surface area contributed by atoms with Gasteiger partial charge in [0.15, 0.2) is 0 Å². The third-order valence-electron chi connectivity index (χ3n) is 2.99. The Morgan fingerprint density at radius 1 is 1.44 bits per heavy atom. The number of aryl methyl sites for hydroxylation is 1. The molecular weight excluding hydrogens is 202 g/mol. The topological polar surface area (TPSA) is 38.3 Å². The molecule has 1 aliphatic heterocycles. The van der Waals surface area contributed by atoms with Gasteiger partial charge in [-0.25, -0.2) is 4.79 Å². The molecule has 1 atom stereocenters. The van der Waals surface area contributed by atoms with E-state index in [1.807, 2.05) is 12.1 Å². The summed E-state index contributed by atoms with van der Waals surface area (Å²) in [5, 5.41) is 2.89. The minimum Gasteiger partial charge on any atom is -0.449 e. The predicted molar refractivity (Wildman–Crippen MR) is 62.2 cm³/mol. The maximum atomic E-state index is 11.3. The van der Waals surface area contributed by atoms with E-state index in [0.29, 0.717) is 6.61 Å². The lowest BCUT2D eigenvalue weighted by Crippen LogP contribution is -2.46. The summed E-state index contributed by atoms with van der Waals surface area (Å²) in [6.07, 6.45) is -0.328. The van der Waals surface area contributed by atoms with Crippen LogP contribution in [0.2, 0.25) is 0 Å². The Balaban J connectivity index is 2.33. The lowest BCUT2D eigenvalue weighted by molar-refractivity contribution is 0.0387. The smallest absolute Gasteiger partial charge is 0.407 e. The van der Waals surface area contributed by atoms with Gasteiger partial charge in [0.05, 0.1) is 6.04 Å². The number of rotatable bonds is 1. The molecule has 86 valence electrons. The number of alkyl carbamates (subject to hydrolysis) is 1. The van der Waals surface area contributed by atoms with Crippen LogP contribution in [-0.2, 0) is 4.74 Å². The van der Waals surface area contributed by atoms with E-state index in [2.05, 4.69) is 38.2 Å². The van der Waals surface area contributed by atoms with Gasteiger partial charge in [-0.05, 0) is 12.5 Å². The molecule has 0 aromatic heterocycles. The van der Waals surface area contributed by atoms with Crippen molar-refractivity contribution < 1.29 is 9.53 Å². The molecular formula is C13H17NO2. The number of cyclic esters (lactones) is 1. The van der Waals surface area contributed by atoms with Crippen molar-refractivity contribution in [2.45, 2.75) is 26.8 Å². The molecule has 1 aromatic carbocycles. The first-order chi connectivity index (χ1) is 7.49. The van der Waals surface area contributed by atoms with Crippen LogP contribution in [0.3, 0.4) is 0 Å². The second-order valence-corrected chi connectivity index (χ2v) is 5.06. The van der Waals surface area contributed by atoms with Crippen molar-refractivity contribution in [3.63, 3.8) is 0 Å². The lowest BCUT2D eigenvalue weighted by Gasteiger charge is -2.38. The molecule has 2 rings (SSSR count). The van der Waals surface area contributed by atoms with Crippen molar-refractivity contribution in [2.75, 3.05) is 6.61 Å². The second kappa shape index (κ2) is 3.81. The van der Waals surface area contributed by atoms with E-state index < -0.39 is 0 Å². The Hall–Kier alpha value is -1.51. The van der Waals surface area contributed by atoms with Crippen molar-refractivity contribution in [1.82, 2.24) is 5.32 Å². The van der Waals surface area contributed by atoms with Gasteiger partial charge in [-0.2, -0.15) is 0 Å². The Labute approximate surface area is 95.8 Å². The number of ether oxygens (including phenoxy) is 1. The highest BCUT2D eigenvalue weighted by Crippen LogP contribution is 2.36. The minimum absolute atomic E-state index is 0.0219. The average molecular weight is 219 g/mol. The van der Waals surface area contributed by atoms with Crippen LogP contribution in [0.15, 0.2) is 24.3 Å². The summed E-state index contributed by atoms with van der Waals surface area (Å²) in [5.41, 5.74) is 2.26. The summed E-state index contributed by atoms with van der Waals surface area (Å²) in [6, 6.07) is 8.25. The standard InChI is InChI=1S/C13H17NO2/c1-9-5-4-6-10(7-9)11-13(2,3)8-16-12(15)14-11/h4-7,11H,8H2,1-3H3,(H,14,15)/t11-/m1/s1. The zero-order valence-corrected chi connectivity index (χ0v) is 9.91. The quantitative estimate of drug-likeness (QED) is 0.788. The monoisotopic (exact) mass is 219 g/mol. The van der Waals surface area contributed by atoms with Crippen LogP contribution in [0.1, 0.15) is 31.0 Å². The zero-order chi connectivity index (χ0) is 11.8. The van der Waals surface area contributed by atoms with Crippen LogP contribution in [0, 0.1) is 12.3 Å². The van der Waals surface area contributed by atoms with Crippen molar-refractivity contribution in [3.8, 4) is 0 Å². The van der Waals surface area contributed by atoms with Crippen LogP contribution in [0.5, 0.6) is 0 Å². The molecule has 0 bridgehead atoms. The van der Waals surface area contributed by atoms with Gasteiger partial charge in [0.25, 0.3) is 0 Å². The first-order valence-electron chi connectivity index (χ1n) is 5.49. The van der Waals surface area contributed by atoms with Gasteiger partial charge in [0.1, 0.15) is 6.61 Å². The molecule has 16 heavy (non-hydrogen) atoms. The molecule has 0 radical (unpaired) electrons. The molecule has 1 amide bonds. The van der Waals surface area contributed by atoms with E-state index >= 15 is 0 Å². The van der Waals surface area contributed by atoms with E-state index in [1.165, 1.54) is 5.56 Å². The number of carbonyl (C=O) groups excluding carboxylic acids is 1. The summed E-state index contributed by atoms with van der Waals surface area (Å²) in [7, 11) is 0. The molecule has 0 saturated carbocycles. The number of hydrogen-bond donors (Lipinski definition) is 1. The molecule has 3 nitrogen and oxygen atoms in total. The number of amides is 1. The van der Waals surface area contributed by atoms with Gasteiger partial charge in [0.2, 0.25) is 0 Å². The Morgan fingerprint density at radius 3 is 2.88 bits per heavy atom. The van der Waals surface area contributed by atoms with Gasteiger partial charge >= 0.3 is 6.09 Å². The molecule has 0 unspecified atom stereocenters. The molecule has 1 saturated heterocycles. The van der Waals surface area contributed by atoms with E-state index in [-0.39, 0.29) is 17.6 Å². The van der Waals surface area contributed by atoms with Crippen LogP contribution in [0.4, 0.5) is 4.79 Å². The zero-order valence-electron chi connectivity index (χ0n) is 9.91. The first kappa shape index (κ1) is 11.0. The molecule has 0 aliphatic carbocycles. The van der Waals surface area contributed by atoms with Gasteiger partial charge in [0, 0.05) is 5.41 Å². The highest BCUT2D eigenvalue weighted by atomic mass is 16.6. The highest BCUT2D eigenvalue weighted by molar-refractivity contribution is 5.69. The van der Waals surface area contributed by atoms with Crippen molar-refractivity contribution in [3.05, 3.63) is 35.4 Å². The van der Waals surface area contributed by atoms with Crippen molar-refractivity contribution in [1.29, 1.82) is 0 Å². The van der Waals surface area contributed by atoms with E-state index in [0.717, 1.165) is 5.56 Å². The fourth-order valence-electron chi connectivity index (χ4n) is 2.07. The normalized spacial score (nSPS) is 23.4. The molecule has 1 aliphatic rings. The third kappa shape index (κ3) is 2.03. The van der Waals surface area contributed by atoms with Gasteiger partial charge in [-0.1, -0.05) is 43.7 Å². The Kier molecular flexibility index (Phi) is 2.62. The second-order valence-electron chi connectivity index (χ2n) is 5.06. The molecule has 1 heterocycles. The maximum Gasteiger partial charge on any atom is 0.407 e. The summed E-state index contributed by atoms with van der Waals surface area (Å²) < 4.78 is 5.03. The van der Waals surface area contributed by atoms with Crippen LogP contribution < -0.4 is 5.32 Å². The van der Waals surface area contributed by atoms with Crippen molar-refractivity contribution >= 4 is 6.09 Å². The summed E-state index contributed by atoms with van der Waals surface area (Å²) in [5.74, 6) is 0. The average Bonchev–Trinajstić information content (AvgIpc) is 2.22. The number of benzene rings is 1. The predicted octanol–water partition coefficient (Wildman–Crippen LogP) is 2.80. The Morgan fingerprint density at radius 2 is 2.19 bits per heavy atom. The number of carbonyl (C=O) groups is 1. The SMILES string of the molecule is Cc1cccc([C@H]2NC(=O)OCC2(C)C)c1. The largest absolute Gasteiger partial charge is 0.449 e. The van der Waals surface area contributed by atoms with Crippen LogP contribution >= 0.6 is 0 Å². The minimum atomic E-state index is -0.328. The van der Waals surface area contributed by atoms with Gasteiger partial charge < -0.3 is 10.1 Å². The molecule has 3 heteroatoms. The molecule has 1 aromatic rings. The van der Waals surface area contributed by atoms with Crippen molar-refractivity contribution in [2.24, 2.45) is 5.41 Å². The van der Waals surface area contributed by atoms with E-state index in [9.17, 15) is 4.79 Å².